The average Bonchev–Trinajstić information content (AvgIpc) is 3.18. The van der Waals surface area contributed by atoms with Crippen molar-refractivity contribution in [3.05, 3.63) is 64.7 Å². The smallest absolute Gasteiger partial charge is 0.262 e. The van der Waals surface area contributed by atoms with Crippen molar-refractivity contribution in [3.8, 4) is 5.75 Å². The molecule has 0 unspecified atom stereocenters. The number of likely N-dealkylation sites (N-methyl/N-ethyl adjacent to an activating group) is 1. The minimum Gasteiger partial charge on any atom is -0.497 e. The monoisotopic (exact) mass is 413 g/mol. The predicted octanol–water partition coefficient (Wildman–Crippen LogP) is 3.89. The van der Waals surface area contributed by atoms with E-state index >= 15 is 0 Å². The van der Waals surface area contributed by atoms with Crippen LogP contribution in [0.3, 0.4) is 0 Å². The molecule has 0 radical (unpaired) electrons. The fourth-order valence-electron chi connectivity index (χ4n) is 3.32. The number of hydrogen-bond acceptors (Lipinski definition) is 4. The molecule has 0 saturated carbocycles. The summed E-state index contributed by atoms with van der Waals surface area (Å²) in [5.74, 6) is 0.413. The summed E-state index contributed by atoms with van der Waals surface area (Å²) in [5.41, 5.74) is 2.49. The molecule has 2 amide bonds. The minimum absolute atomic E-state index is 0.0291. The second-order valence-electron chi connectivity index (χ2n) is 6.86. The van der Waals surface area contributed by atoms with Crippen molar-refractivity contribution in [2.45, 2.75) is 25.8 Å². The van der Waals surface area contributed by atoms with Crippen LogP contribution in [0, 0.1) is 0 Å². The fraction of sp³-hybridized carbons (Fsp3) is 0.318. The maximum Gasteiger partial charge on any atom is 0.262 e. The summed E-state index contributed by atoms with van der Waals surface area (Å²) in [6.07, 6.45) is 0.882. The van der Waals surface area contributed by atoms with Crippen molar-refractivity contribution in [3.63, 3.8) is 0 Å². The van der Waals surface area contributed by atoms with Gasteiger partial charge in [-0.15, -0.1) is 0 Å². The lowest BCUT2D eigenvalue weighted by molar-refractivity contribution is -0.140. The van der Waals surface area contributed by atoms with Crippen molar-refractivity contribution in [2.24, 2.45) is 5.10 Å². The molecule has 1 aliphatic heterocycles. The maximum absolute atomic E-state index is 13.0. The Labute approximate surface area is 175 Å². The first kappa shape index (κ1) is 20.9. The zero-order valence-corrected chi connectivity index (χ0v) is 17.5. The van der Waals surface area contributed by atoms with Crippen LogP contribution in [0.15, 0.2) is 53.6 Å². The van der Waals surface area contributed by atoms with Crippen LogP contribution in [0.1, 0.15) is 36.9 Å². The Morgan fingerprint density at radius 2 is 1.90 bits per heavy atom. The summed E-state index contributed by atoms with van der Waals surface area (Å²) in [4.78, 5) is 26.3. The van der Waals surface area contributed by atoms with Gasteiger partial charge >= 0.3 is 0 Å². The van der Waals surface area contributed by atoms with Crippen molar-refractivity contribution >= 4 is 29.1 Å². The summed E-state index contributed by atoms with van der Waals surface area (Å²) >= 11 is 6.36. The number of hydrogen-bond donors (Lipinski definition) is 0. The van der Waals surface area contributed by atoms with Crippen LogP contribution in [0.2, 0.25) is 5.02 Å². The van der Waals surface area contributed by atoms with E-state index < -0.39 is 0 Å². The van der Waals surface area contributed by atoms with Crippen molar-refractivity contribution < 1.29 is 14.3 Å². The van der Waals surface area contributed by atoms with Crippen LogP contribution in [0.4, 0.5) is 0 Å². The highest BCUT2D eigenvalue weighted by Crippen LogP contribution is 2.35. The molecule has 0 aliphatic carbocycles. The molecule has 0 aromatic heterocycles. The summed E-state index contributed by atoms with van der Waals surface area (Å²) in [6, 6.07) is 14.8. The van der Waals surface area contributed by atoms with Gasteiger partial charge in [0.15, 0.2) is 0 Å². The van der Waals surface area contributed by atoms with E-state index in [1.165, 1.54) is 9.91 Å². The van der Waals surface area contributed by atoms with Crippen molar-refractivity contribution in [2.75, 3.05) is 20.7 Å². The largest absolute Gasteiger partial charge is 0.497 e. The maximum atomic E-state index is 13.0. The minimum atomic E-state index is -0.273. The summed E-state index contributed by atoms with van der Waals surface area (Å²) in [6.45, 7) is 1.74. The fourth-order valence-corrected chi connectivity index (χ4v) is 3.56. The Bertz CT molecular complexity index is 927. The molecule has 1 aliphatic rings. The SMILES string of the molecule is CCC(=O)N(C)CC(=O)N1N=C(c2ccccc2Cl)C[C@@H]1c1ccc(OC)cc1. The number of halogens is 1. The summed E-state index contributed by atoms with van der Waals surface area (Å²) < 4.78 is 5.23. The zero-order valence-electron chi connectivity index (χ0n) is 16.8. The highest BCUT2D eigenvalue weighted by Gasteiger charge is 2.34. The molecule has 152 valence electrons. The molecular formula is C22H24ClN3O3. The van der Waals surface area contributed by atoms with Gasteiger partial charge in [-0.1, -0.05) is 48.9 Å². The zero-order chi connectivity index (χ0) is 21.0. The quantitative estimate of drug-likeness (QED) is 0.721. The number of nitrogens with zero attached hydrogens (tertiary/aromatic N) is 3. The molecule has 7 heteroatoms. The van der Waals surface area contributed by atoms with E-state index in [2.05, 4.69) is 5.10 Å². The molecule has 0 spiro atoms. The Hall–Kier alpha value is -2.86. The van der Waals surface area contributed by atoms with Crippen LogP contribution >= 0.6 is 11.6 Å². The van der Waals surface area contributed by atoms with Crippen LogP contribution in [0.25, 0.3) is 0 Å². The first-order valence-electron chi connectivity index (χ1n) is 9.47. The van der Waals surface area contributed by atoms with Gasteiger partial charge in [-0.25, -0.2) is 5.01 Å². The number of carbonyl (C=O) groups excluding carboxylic acids is 2. The second-order valence-corrected chi connectivity index (χ2v) is 7.27. The third-order valence-corrected chi connectivity index (χ3v) is 5.28. The van der Waals surface area contributed by atoms with Crippen LogP contribution < -0.4 is 4.74 Å². The van der Waals surface area contributed by atoms with Crippen molar-refractivity contribution in [1.82, 2.24) is 9.91 Å². The molecule has 3 rings (SSSR count). The highest BCUT2D eigenvalue weighted by molar-refractivity contribution is 6.34. The summed E-state index contributed by atoms with van der Waals surface area (Å²) in [7, 11) is 3.24. The number of hydrazone groups is 1. The van der Waals surface area contributed by atoms with E-state index in [-0.39, 0.29) is 24.4 Å². The van der Waals surface area contributed by atoms with Gasteiger partial charge in [0.25, 0.3) is 5.91 Å². The highest BCUT2D eigenvalue weighted by atomic mass is 35.5. The van der Waals surface area contributed by atoms with E-state index in [1.54, 1.807) is 27.1 Å². The Morgan fingerprint density at radius 3 is 2.52 bits per heavy atom. The van der Waals surface area contributed by atoms with Gasteiger partial charge in [0, 0.05) is 30.5 Å². The van der Waals surface area contributed by atoms with Gasteiger partial charge in [-0.3, -0.25) is 9.59 Å². The van der Waals surface area contributed by atoms with Crippen molar-refractivity contribution in [1.29, 1.82) is 0 Å². The van der Waals surface area contributed by atoms with Gasteiger partial charge in [-0.05, 0) is 23.8 Å². The molecule has 6 nitrogen and oxygen atoms in total. The third-order valence-electron chi connectivity index (χ3n) is 4.95. The number of rotatable bonds is 6. The lowest BCUT2D eigenvalue weighted by Crippen LogP contribution is -2.38. The predicted molar refractivity (Wildman–Crippen MR) is 113 cm³/mol. The molecule has 29 heavy (non-hydrogen) atoms. The lowest BCUT2D eigenvalue weighted by Gasteiger charge is -2.25. The van der Waals surface area contributed by atoms with E-state index in [0.717, 1.165) is 22.6 Å². The number of carbonyl (C=O) groups is 2. The Kier molecular flexibility index (Phi) is 6.54. The molecule has 1 heterocycles. The standard InChI is InChI=1S/C22H24ClN3O3/c1-4-21(27)25(2)14-22(28)26-20(15-9-11-16(29-3)12-10-15)13-19(24-26)17-7-5-6-8-18(17)23/h5-12,20H,4,13-14H2,1-3H3/t20-/m1/s1. The molecule has 1 atom stereocenters. The second kappa shape index (κ2) is 9.09. The molecule has 0 N–H and O–H groups in total. The van der Waals surface area contributed by atoms with Gasteiger partial charge in [0.2, 0.25) is 5.91 Å². The van der Waals surface area contributed by atoms with Gasteiger partial charge in [0.05, 0.1) is 18.9 Å². The van der Waals surface area contributed by atoms with Crippen LogP contribution in [-0.2, 0) is 9.59 Å². The van der Waals surface area contributed by atoms with E-state index in [9.17, 15) is 9.59 Å². The first-order chi connectivity index (χ1) is 13.9. The topological polar surface area (TPSA) is 62.2 Å². The van der Waals surface area contributed by atoms with E-state index in [4.69, 9.17) is 16.3 Å². The van der Waals surface area contributed by atoms with Crippen LogP contribution in [0.5, 0.6) is 5.75 Å². The molecule has 0 fully saturated rings. The number of amides is 2. The lowest BCUT2D eigenvalue weighted by atomic mass is 9.98. The molecule has 0 saturated heterocycles. The Morgan fingerprint density at radius 1 is 1.21 bits per heavy atom. The van der Waals surface area contributed by atoms with Gasteiger partial charge in [0.1, 0.15) is 12.3 Å². The van der Waals surface area contributed by atoms with Crippen LogP contribution in [-0.4, -0.2) is 48.1 Å². The van der Waals surface area contributed by atoms with Gasteiger partial charge < -0.3 is 9.64 Å². The normalized spacial score (nSPS) is 15.8. The third kappa shape index (κ3) is 4.59. The first-order valence-corrected chi connectivity index (χ1v) is 9.84. The number of ether oxygens (including phenoxy) is 1. The van der Waals surface area contributed by atoms with Gasteiger partial charge in [-0.2, -0.15) is 5.10 Å². The molecule has 2 aromatic carbocycles. The summed E-state index contributed by atoms with van der Waals surface area (Å²) in [5, 5.41) is 6.67. The number of methoxy groups -OCH3 is 1. The molecular weight excluding hydrogens is 390 g/mol. The Balaban J connectivity index is 1.92. The molecule has 0 bridgehead atoms. The van der Waals surface area contributed by atoms with E-state index in [1.807, 2.05) is 42.5 Å². The number of benzene rings is 2. The van der Waals surface area contributed by atoms with E-state index in [0.29, 0.717) is 17.9 Å². The molecule has 2 aromatic rings. The average molecular weight is 414 g/mol.